The molecule has 0 bridgehead atoms. The molecule has 1 aromatic carbocycles. The summed E-state index contributed by atoms with van der Waals surface area (Å²) < 4.78 is 26.2. The van der Waals surface area contributed by atoms with Gasteiger partial charge in [-0.2, -0.15) is 0 Å². The number of fused-ring (bicyclic) bond motifs is 1. The number of hydrogen-bond donors (Lipinski definition) is 3. The van der Waals surface area contributed by atoms with Crippen LogP contribution in [0.2, 0.25) is 0 Å². The van der Waals surface area contributed by atoms with Gasteiger partial charge in [0.05, 0.1) is 18.5 Å². The van der Waals surface area contributed by atoms with E-state index in [-0.39, 0.29) is 23.2 Å². The first-order chi connectivity index (χ1) is 13.4. The summed E-state index contributed by atoms with van der Waals surface area (Å²) in [7, 11) is 0. The van der Waals surface area contributed by atoms with Gasteiger partial charge in [0.15, 0.2) is 11.8 Å². The monoisotopic (exact) mass is 393 g/mol. The number of nitrogens with zero attached hydrogens (tertiary/aromatic N) is 3. The van der Waals surface area contributed by atoms with Crippen molar-refractivity contribution in [2.45, 2.75) is 31.1 Å². The van der Waals surface area contributed by atoms with Gasteiger partial charge in [-0.1, -0.05) is 11.2 Å². The number of aliphatic hydroxyl groups excluding tert-OH is 3. The van der Waals surface area contributed by atoms with Gasteiger partial charge in [-0.15, -0.1) is 0 Å². The molecule has 10 nitrogen and oxygen atoms in total. The predicted molar refractivity (Wildman–Crippen MR) is 91.0 cm³/mol. The first-order valence-corrected chi connectivity index (χ1v) is 8.39. The average molecular weight is 393 g/mol. The molecule has 0 aliphatic carbocycles. The van der Waals surface area contributed by atoms with Gasteiger partial charge in [0.25, 0.3) is 5.56 Å². The van der Waals surface area contributed by atoms with E-state index in [0.717, 1.165) is 21.4 Å². The fraction of sp³-hybridized carbons (Fsp3) is 0.353. The summed E-state index contributed by atoms with van der Waals surface area (Å²) in [5.41, 5.74) is -1.33. The van der Waals surface area contributed by atoms with Crippen LogP contribution in [0, 0.1) is 5.82 Å². The maximum atomic E-state index is 14.1. The van der Waals surface area contributed by atoms with Gasteiger partial charge in [-0.05, 0) is 12.1 Å². The standard InChI is InChI=1S/C17H16FN3O7/c18-8-2-1-3-10-13(8)9(19-28-10)6-21-12(23)4-5-20(17(21)26)16-15(25)14(24)11(7-22)27-16/h1-5,11,14-16,22,24-25H,6-7H2/t11-,14?,15+,16-/m1/s1. The molecule has 28 heavy (non-hydrogen) atoms. The van der Waals surface area contributed by atoms with Gasteiger partial charge in [0.2, 0.25) is 0 Å². The van der Waals surface area contributed by atoms with Gasteiger partial charge in [-0.25, -0.2) is 9.18 Å². The lowest BCUT2D eigenvalue weighted by atomic mass is 10.1. The topological polar surface area (TPSA) is 140 Å². The van der Waals surface area contributed by atoms with Crippen molar-refractivity contribution in [2.75, 3.05) is 6.61 Å². The van der Waals surface area contributed by atoms with Crippen molar-refractivity contribution in [1.82, 2.24) is 14.3 Å². The molecule has 0 spiro atoms. The normalized spacial score (nSPS) is 24.9. The van der Waals surface area contributed by atoms with Crippen LogP contribution in [0.4, 0.5) is 4.39 Å². The first kappa shape index (κ1) is 18.5. The van der Waals surface area contributed by atoms with E-state index in [0.29, 0.717) is 0 Å². The lowest BCUT2D eigenvalue weighted by molar-refractivity contribution is -0.0555. The highest BCUT2D eigenvalue weighted by Crippen LogP contribution is 2.28. The maximum Gasteiger partial charge on any atom is 0.333 e. The number of hydrogen-bond acceptors (Lipinski definition) is 8. The molecule has 4 rings (SSSR count). The number of benzene rings is 1. The van der Waals surface area contributed by atoms with Gasteiger partial charge in [-0.3, -0.25) is 13.9 Å². The van der Waals surface area contributed by atoms with Crippen LogP contribution in [-0.4, -0.2) is 54.5 Å². The van der Waals surface area contributed by atoms with Gasteiger partial charge in [0.1, 0.15) is 29.8 Å². The van der Waals surface area contributed by atoms with Crippen molar-refractivity contribution >= 4 is 11.0 Å². The van der Waals surface area contributed by atoms with E-state index in [4.69, 9.17) is 9.26 Å². The predicted octanol–water partition coefficient (Wildman–Crippen LogP) is -1.05. The van der Waals surface area contributed by atoms with Crippen molar-refractivity contribution in [2.24, 2.45) is 0 Å². The quantitative estimate of drug-likeness (QED) is 0.510. The molecule has 1 unspecified atom stereocenters. The first-order valence-electron chi connectivity index (χ1n) is 8.39. The summed E-state index contributed by atoms with van der Waals surface area (Å²) in [5.74, 6) is -0.610. The molecule has 4 atom stereocenters. The van der Waals surface area contributed by atoms with Crippen LogP contribution >= 0.6 is 0 Å². The summed E-state index contributed by atoms with van der Waals surface area (Å²) in [6.45, 7) is -0.936. The average Bonchev–Trinajstić information content (AvgIpc) is 3.22. The van der Waals surface area contributed by atoms with Crippen LogP contribution in [0.1, 0.15) is 11.9 Å². The van der Waals surface area contributed by atoms with Crippen molar-refractivity contribution in [1.29, 1.82) is 0 Å². The van der Waals surface area contributed by atoms with E-state index in [1.807, 2.05) is 0 Å². The molecule has 3 aromatic rings. The number of aromatic nitrogens is 3. The third-order valence-electron chi connectivity index (χ3n) is 4.71. The molecular formula is C17H16FN3O7. The van der Waals surface area contributed by atoms with Crippen LogP contribution in [0.3, 0.4) is 0 Å². The van der Waals surface area contributed by atoms with Crippen molar-refractivity contribution in [3.05, 3.63) is 62.8 Å². The Hall–Kier alpha value is -2.86. The van der Waals surface area contributed by atoms with E-state index in [2.05, 4.69) is 5.16 Å². The summed E-state index contributed by atoms with van der Waals surface area (Å²) in [5, 5.41) is 33.0. The molecule has 148 valence electrons. The van der Waals surface area contributed by atoms with Crippen LogP contribution in [0.5, 0.6) is 0 Å². The van der Waals surface area contributed by atoms with E-state index >= 15 is 0 Å². The molecule has 3 N–H and O–H groups in total. The van der Waals surface area contributed by atoms with Crippen LogP contribution in [0.25, 0.3) is 11.0 Å². The number of ether oxygens (including phenoxy) is 1. The zero-order valence-electron chi connectivity index (χ0n) is 14.3. The Labute approximate surface area is 155 Å². The fourth-order valence-electron chi connectivity index (χ4n) is 3.25. The van der Waals surface area contributed by atoms with Crippen molar-refractivity contribution < 1.29 is 29.0 Å². The molecular weight excluding hydrogens is 377 g/mol. The third kappa shape index (κ3) is 2.85. The highest BCUT2D eigenvalue weighted by atomic mass is 19.1. The fourth-order valence-corrected chi connectivity index (χ4v) is 3.25. The lowest BCUT2D eigenvalue weighted by Gasteiger charge is -2.18. The molecule has 11 heteroatoms. The van der Waals surface area contributed by atoms with Crippen molar-refractivity contribution in [3.8, 4) is 0 Å². The summed E-state index contributed by atoms with van der Waals surface area (Å²) in [4.78, 5) is 25.0. The van der Waals surface area contributed by atoms with E-state index in [9.17, 15) is 29.3 Å². The third-order valence-corrected chi connectivity index (χ3v) is 4.71. The zero-order valence-corrected chi connectivity index (χ0v) is 14.3. The van der Waals surface area contributed by atoms with E-state index in [1.54, 1.807) is 0 Å². The highest BCUT2D eigenvalue weighted by Gasteiger charge is 2.43. The van der Waals surface area contributed by atoms with Crippen molar-refractivity contribution in [3.63, 3.8) is 0 Å². The SMILES string of the molecule is O=c1ccn([C@@H]2O[C@H](CO)C(O)[C@@H]2O)c(=O)n1Cc1noc2cccc(F)c12. The molecule has 1 aliphatic rings. The molecule has 0 amide bonds. The second kappa shape index (κ2) is 6.95. The molecule has 2 aromatic heterocycles. The van der Waals surface area contributed by atoms with Gasteiger partial charge in [0, 0.05) is 12.3 Å². The van der Waals surface area contributed by atoms with Crippen LogP contribution in [0.15, 0.2) is 44.6 Å². The molecule has 3 heterocycles. The van der Waals surface area contributed by atoms with Crippen LogP contribution in [-0.2, 0) is 11.3 Å². The minimum atomic E-state index is -1.49. The Bertz CT molecular complexity index is 1140. The molecule has 1 aliphatic heterocycles. The molecule has 1 saturated heterocycles. The Morgan fingerprint density at radius 2 is 1.96 bits per heavy atom. The summed E-state index contributed by atoms with van der Waals surface area (Å²) >= 11 is 0. The largest absolute Gasteiger partial charge is 0.394 e. The van der Waals surface area contributed by atoms with E-state index in [1.165, 1.54) is 18.2 Å². The number of rotatable bonds is 4. The second-order valence-corrected chi connectivity index (χ2v) is 6.40. The minimum absolute atomic E-state index is 0.0474. The second-order valence-electron chi connectivity index (χ2n) is 6.40. The van der Waals surface area contributed by atoms with Gasteiger partial charge < -0.3 is 24.6 Å². The summed E-state index contributed by atoms with van der Waals surface area (Å²) in [6.07, 6.45) is -4.18. The van der Waals surface area contributed by atoms with E-state index < -0.39 is 48.2 Å². The summed E-state index contributed by atoms with van der Waals surface area (Å²) in [6, 6.07) is 5.21. The number of aliphatic hydroxyl groups is 3. The van der Waals surface area contributed by atoms with Gasteiger partial charge >= 0.3 is 5.69 Å². The Morgan fingerprint density at radius 1 is 1.18 bits per heavy atom. The lowest BCUT2D eigenvalue weighted by Crippen LogP contribution is -2.43. The molecule has 0 radical (unpaired) electrons. The zero-order chi connectivity index (χ0) is 20.0. The smallest absolute Gasteiger partial charge is 0.333 e. The van der Waals surface area contributed by atoms with Crippen LogP contribution < -0.4 is 11.2 Å². The maximum absolute atomic E-state index is 14.1. The Kier molecular flexibility index (Phi) is 4.59. The Balaban J connectivity index is 1.76. The minimum Gasteiger partial charge on any atom is -0.394 e. The highest BCUT2D eigenvalue weighted by molar-refractivity contribution is 5.79. The molecule has 0 saturated carbocycles. The Morgan fingerprint density at radius 3 is 2.68 bits per heavy atom. The molecule has 1 fully saturated rings. The number of halogens is 1.